The van der Waals surface area contributed by atoms with E-state index < -0.39 is 28.7 Å². The van der Waals surface area contributed by atoms with E-state index in [2.05, 4.69) is 4.72 Å². The molecule has 110 valence electrons. The third kappa shape index (κ3) is 4.86. The van der Waals surface area contributed by atoms with E-state index in [0.717, 1.165) is 7.05 Å². The third-order valence-corrected chi connectivity index (χ3v) is 3.77. The maximum atomic E-state index is 11.8. The molecule has 1 aromatic rings. The van der Waals surface area contributed by atoms with Crippen LogP contribution in [0.5, 0.6) is 0 Å². The molecule has 1 rings (SSSR count). The van der Waals surface area contributed by atoms with Crippen molar-refractivity contribution in [3.05, 3.63) is 29.8 Å². The van der Waals surface area contributed by atoms with Crippen molar-refractivity contribution in [2.75, 3.05) is 18.3 Å². The van der Waals surface area contributed by atoms with E-state index in [1.165, 1.54) is 24.3 Å². The molecule has 0 spiro atoms. The maximum absolute atomic E-state index is 11.8. The van der Waals surface area contributed by atoms with E-state index in [0.29, 0.717) is 9.87 Å². The molecule has 0 unspecified atom stereocenters. The zero-order valence-corrected chi connectivity index (χ0v) is 11.4. The summed E-state index contributed by atoms with van der Waals surface area (Å²) < 4.78 is 26.4. The molecular formula is C11H14N2O6S. The van der Waals surface area contributed by atoms with Gasteiger partial charge in [-0.05, 0) is 17.7 Å². The number of nitrogens with one attached hydrogen (secondary N) is 1. The third-order valence-electron chi connectivity index (χ3n) is 2.32. The van der Waals surface area contributed by atoms with Gasteiger partial charge in [-0.15, -0.1) is 0 Å². The zero-order valence-electron chi connectivity index (χ0n) is 10.6. The standard InChI is InChI=1S/C11H14N2O6S/c1-13(7-11(16)17)20(18,19)12-9-4-2-8(3-5-9)6-10(14)15/h2-5,12H,6-7H2,1H3,(H,14,15)(H,16,17). The predicted octanol–water partition coefficient (Wildman–Crippen LogP) is -0.0132. The van der Waals surface area contributed by atoms with E-state index in [1.807, 2.05) is 0 Å². The van der Waals surface area contributed by atoms with Crippen LogP contribution in [0.4, 0.5) is 5.69 Å². The first-order chi connectivity index (χ1) is 9.20. The molecule has 20 heavy (non-hydrogen) atoms. The second kappa shape index (κ2) is 6.35. The first-order valence-electron chi connectivity index (χ1n) is 5.47. The molecule has 0 aliphatic rings. The van der Waals surface area contributed by atoms with Crippen LogP contribution in [0.2, 0.25) is 0 Å². The van der Waals surface area contributed by atoms with Crippen molar-refractivity contribution >= 4 is 27.8 Å². The molecule has 0 amide bonds. The Labute approximate surface area is 115 Å². The van der Waals surface area contributed by atoms with Crippen molar-refractivity contribution in [2.24, 2.45) is 0 Å². The van der Waals surface area contributed by atoms with Crippen molar-refractivity contribution in [1.82, 2.24) is 4.31 Å². The summed E-state index contributed by atoms with van der Waals surface area (Å²) in [7, 11) is -2.82. The lowest BCUT2D eigenvalue weighted by atomic mass is 10.1. The number of hydrogen-bond donors (Lipinski definition) is 3. The monoisotopic (exact) mass is 302 g/mol. The van der Waals surface area contributed by atoms with Gasteiger partial charge in [0.2, 0.25) is 0 Å². The predicted molar refractivity (Wildman–Crippen MR) is 70.6 cm³/mol. The van der Waals surface area contributed by atoms with Gasteiger partial charge in [0.15, 0.2) is 0 Å². The number of hydrogen-bond acceptors (Lipinski definition) is 4. The molecular weight excluding hydrogens is 288 g/mol. The van der Waals surface area contributed by atoms with Crippen LogP contribution >= 0.6 is 0 Å². The normalized spacial score (nSPS) is 11.3. The van der Waals surface area contributed by atoms with Crippen LogP contribution in [0.15, 0.2) is 24.3 Å². The Morgan fingerprint density at radius 1 is 1.15 bits per heavy atom. The fourth-order valence-electron chi connectivity index (χ4n) is 1.37. The Morgan fingerprint density at radius 3 is 2.15 bits per heavy atom. The molecule has 0 radical (unpaired) electrons. The van der Waals surface area contributed by atoms with Gasteiger partial charge in [-0.3, -0.25) is 14.3 Å². The number of carboxylic acids is 2. The Kier molecular flexibility index (Phi) is 5.06. The lowest BCUT2D eigenvalue weighted by Crippen LogP contribution is -2.36. The van der Waals surface area contributed by atoms with Gasteiger partial charge in [0.05, 0.1) is 6.42 Å². The number of nitrogens with zero attached hydrogens (tertiary/aromatic N) is 1. The largest absolute Gasteiger partial charge is 0.481 e. The molecule has 0 saturated heterocycles. The molecule has 8 nitrogen and oxygen atoms in total. The minimum Gasteiger partial charge on any atom is -0.481 e. The van der Waals surface area contributed by atoms with Crippen LogP contribution in [0.25, 0.3) is 0 Å². The maximum Gasteiger partial charge on any atom is 0.318 e. The van der Waals surface area contributed by atoms with E-state index in [4.69, 9.17) is 10.2 Å². The Balaban J connectivity index is 2.77. The number of benzene rings is 1. The van der Waals surface area contributed by atoms with Gasteiger partial charge < -0.3 is 10.2 Å². The molecule has 0 aromatic heterocycles. The van der Waals surface area contributed by atoms with Crippen LogP contribution in [-0.4, -0.2) is 48.5 Å². The van der Waals surface area contributed by atoms with Crippen molar-refractivity contribution in [2.45, 2.75) is 6.42 Å². The molecule has 0 bridgehead atoms. The SMILES string of the molecule is CN(CC(=O)O)S(=O)(=O)Nc1ccc(CC(=O)O)cc1. The van der Waals surface area contributed by atoms with Crippen molar-refractivity contribution in [3.63, 3.8) is 0 Å². The summed E-state index contributed by atoms with van der Waals surface area (Å²) in [6.45, 7) is -0.660. The number of carbonyl (C=O) groups is 2. The number of aliphatic carboxylic acids is 2. The summed E-state index contributed by atoms with van der Waals surface area (Å²) >= 11 is 0. The summed E-state index contributed by atoms with van der Waals surface area (Å²) in [5, 5.41) is 17.1. The highest BCUT2D eigenvalue weighted by Gasteiger charge is 2.19. The Morgan fingerprint density at radius 2 is 1.70 bits per heavy atom. The quantitative estimate of drug-likeness (QED) is 0.650. The second-order valence-electron chi connectivity index (χ2n) is 4.02. The lowest BCUT2D eigenvalue weighted by Gasteiger charge is -2.16. The molecule has 0 fully saturated rings. The van der Waals surface area contributed by atoms with Gasteiger partial charge in [0.1, 0.15) is 6.54 Å². The van der Waals surface area contributed by atoms with Crippen molar-refractivity contribution in [1.29, 1.82) is 0 Å². The molecule has 0 atom stereocenters. The smallest absolute Gasteiger partial charge is 0.318 e. The molecule has 0 saturated carbocycles. The highest BCUT2D eigenvalue weighted by molar-refractivity contribution is 7.90. The van der Waals surface area contributed by atoms with Crippen LogP contribution in [0, 0.1) is 0 Å². The van der Waals surface area contributed by atoms with Gasteiger partial charge in [-0.1, -0.05) is 12.1 Å². The van der Waals surface area contributed by atoms with Crippen LogP contribution in [0.1, 0.15) is 5.56 Å². The number of carboxylic acid groups (broad SMARTS) is 2. The van der Waals surface area contributed by atoms with E-state index in [1.54, 1.807) is 0 Å². The Hall–Kier alpha value is -2.13. The molecule has 1 aromatic carbocycles. The molecule has 0 aliphatic heterocycles. The molecule has 9 heteroatoms. The van der Waals surface area contributed by atoms with Gasteiger partial charge in [0.25, 0.3) is 0 Å². The van der Waals surface area contributed by atoms with Gasteiger partial charge >= 0.3 is 22.1 Å². The number of rotatable bonds is 7. The van der Waals surface area contributed by atoms with Crippen LogP contribution in [-0.2, 0) is 26.2 Å². The summed E-state index contributed by atoms with van der Waals surface area (Å²) in [4.78, 5) is 21.0. The molecule has 0 aliphatic carbocycles. The minimum atomic E-state index is -3.96. The fraction of sp³-hybridized carbons (Fsp3) is 0.273. The first kappa shape index (κ1) is 15.9. The van der Waals surface area contributed by atoms with E-state index >= 15 is 0 Å². The second-order valence-corrected chi connectivity index (χ2v) is 5.80. The zero-order chi connectivity index (χ0) is 15.3. The summed E-state index contributed by atoms with van der Waals surface area (Å²) in [6.07, 6.45) is -0.161. The van der Waals surface area contributed by atoms with E-state index in [-0.39, 0.29) is 12.1 Å². The van der Waals surface area contributed by atoms with Crippen LogP contribution in [0.3, 0.4) is 0 Å². The molecule has 3 N–H and O–H groups in total. The average molecular weight is 302 g/mol. The van der Waals surface area contributed by atoms with Crippen molar-refractivity contribution in [3.8, 4) is 0 Å². The lowest BCUT2D eigenvalue weighted by molar-refractivity contribution is -0.137. The fourth-order valence-corrected chi connectivity index (χ4v) is 2.24. The summed E-state index contributed by atoms with van der Waals surface area (Å²) in [5.74, 6) is -2.26. The van der Waals surface area contributed by atoms with Crippen LogP contribution < -0.4 is 4.72 Å². The number of likely N-dealkylation sites (N-methyl/N-ethyl adjacent to an activating group) is 1. The highest BCUT2D eigenvalue weighted by Crippen LogP contribution is 2.13. The van der Waals surface area contributed by atoms with Gasteiger partial charge in [0, 0.05) is 12.7 Å². The molecule has 0 heterocycles. The number of anilines is 1. The van der Waals surface area contributed by atoms with Crippen molar-refractivity contribution < 1.29 is 28.2 Å². The minimum absolute atomic E-state index is 0.161. The summed E-state index contributed by atoms with van der Waals surface area (Å²) in [6, 6.07) is 5.77. The van der Waals surface area contributed by atoms with Gasteiger partial charge in [-0.2, -0.15) is 12.7 Å². The average Bonchev–Trinajstić information content (AvgIpc) is 2.29. The summed E-state index contributed by atoms with van der Waals surface area (Å²) in [5.41, 5.74) is 0.746. The Bertz CT molecular complexity index is 596. The van der Waals surface area contributed by atoms with E-state index in [9.17, 15) is 18.0 Å². The first-order valence-corrected chi connectivity index (χ1v) is 6.91. The topological polar surface area (TPSA) is 124 Å². The highest BCUT2D eigenvalue weighted by atomic mass is 32.2. The van der Waals surface area contributed by atoms with Gasteiger partial charge in [-0.25, -0.2) is 0 Å².